The van der Waals surface area contributed by atoms with Gasteiger partial charge in [0.25, 0.3) is 0 Å². The molecule has 2 heterocycles. The average Bonchev–Trinajstić information content (AvgIpc) is 3.16. The van der Waals surface area contributed by atoms with Gasteiger partial charge in [-0.15, -0.1) is 12.4 Å². The first-order valence-electron chi connectivity index (χ1n) is 8.49. The summed E-state index contributed by atoms with van der Waals surface area (Å²) in [6, 6.07) is 1.13. The number of nitrogens with one attached hydrogen (secondary N) is 1. The van der Waals surface area contributed by atoms with E-state index in [1.165, 1.54) is 26.6 Å². The van der Waals surface area contributed by atoms with Gasteiger partial charge in [-0.05, 0) is 0 Å². The molecule has 0 aliphatic carbocycles. The topological polar surface area (TPSA) is 104 Å². The highest BCUT2D eigenvalue weighted by atomic mass is 35.5. The van der Waals surface area contributed by atoms with Gasteiger partial charge >= 0.3 is 0 Å². The van der Waals surface area contributed by atoms with Gasteiger partial charge in [-0.1, -0.05) is 0 Å². The van der Waals surface area contributed by atoms with E-state index in [9.17, 15) is 8.78 Å². The summed E-state index contributed by atoms with van der Waals surface area (Å²) in [5, 5.41) is 15.9. The van der Waals surface area contributed by atoms with Crippen LogP contribution in [0.2, 0.25) is 0 Å². The van der Waals surface area contributed by atoms with Crippen LogP contribution < -0.4 is 19.5 Å². The quantitative estimate of drug-likeness (QED) is 0.520. The van der Waals surface area contributed by atoms with Crippen LogP contribution in [-0.4, -0.2) is 45.7 Å². The van der Waals surface area contributed by atoms with Crippen molar-refractivity contribution in [3.05, 3.63) is 48.1 Å². The molecule has 162 valence electrons. The Morgan fingerprint density at radius 3 is 2.27 bits per heavy atom. The first-order valence-corrected chi connectivity index (χ1v) is 8.49. The first-order chi connectivity index (χ1) is 14.0. The molecule has 0 amide bonds. The zero-order valence-corrected chi connectivity index (χ0v) is 16.9. The molecule has 0 atom stereocenters. The molecule has 0 unspecified atom stereocenters. The molecule has 0 fully saturated rings. The maximum absolute atomic E-state index is 14.4. The van der Waals surface area contributed by atoms with Crippen molar-refractivity contribution in [2.75, 3.05) is 26.1 Å². The van der Waals surface area contributed by atoms with Crippen molar-refractivity contribution in [2.45, 2.75) is 13.2 Å². The fraction of sp³-hybridized carbons (Fsp3) is 0.278. The van der Waals surface area contributed by atoms with Gasteiger partial charge in [0.05, 0.1) is 57.2 Å². The second kappa shape index (κ2) is 10.6. The fourth-order valence-electron chi connectivity index (χ4n) is 2.46. The molecule has 0 spiro atoms. The van der Waals surface area contributed by atoms with Crippen LogP contribution in [0.25, 0.3) is 0 Å². The number of halogens is 3. The SMILES string of the molecule is COc1cc(OC)c(F)c(COc2cnc(Nc3cnn(CCO)c3)nc2)c1F.Cl. The van der Waals surface area contributed by atoms with E-state index in [-0.39, 0.29) is 47.8 Å². The lowest BCUT2D eigenvalue weighted by molar-refractivity contribution is 0.269. The van der Waals surface area contributed by atoms with E-state index in [0.29, 0.717) is 12.2 Å². The van der Waals surface area contributed by atoms with Crippen molar-refractivity contribution in [2.24, 2.45) is 0 Å². The Bertz CT molecular complexity index is 944. The van der Waals surface area contributed by atoms with Crippen LogP contribution >= 0.6 is 12.4 Å². The van der Waals surface area contributed by atoms with E-state index in [4.69, 9.17) is 19.3 Å². The molecule has 12 heteroatoms. The third-order valence-corrected chi connectivity index (χ3v) is 3.89. The van der Waals surface area contributed by atoms with E-state index in [2.05, 4.69) is 20.4 Å². The number of aliphatic hydroxyl groups excluding tert-OH is 1. The van der Waals surface area contributed by atoms with E-state index >= 15 is 0 Å². The normalized spacial score (nSPS) is 10.3. The number of benzene rings is 1. The van der Waals surface area contributed by atoms with Gasteiger partial charge in [0.15, 0.2) is 28.9 Å². The van der Waals surface area contributed by atoms with E-state index < -0.39 is 18.2 Å². The summed E-state index contributed by atoms with van der Waals surface area (Å²) < 4.78 is 45.5. The molecule has 0 saturated carbocycles. The molecule has 1 aromatic carbocycles. The lowest BCUT2D eigenvalue weighted by Crippen LogP contribution is -2.06. The zero-order valence-electron chi connectivity index (χ0n) is 16.1. The molecule has 0 saturated heterocycles. The number of rotatable bonds is 9. The van der Waals surface area contributed by atoms with Gasteiger partial charge in [-0.3, -0.25) is 4.68 Å². The maximum Gasteiger partial charge on any atom is 0.227 e. The average molecular weight is 444 g/mol. The summed E-state index contributed by atoms with van der Waals surface area (Å²) in [4.78, 5) is 8.17. The molecule has 9 nitrogen and oxygen atoms in total. The van der Waals surface area contributed by atoms with Gasteiger partial charge in [-0.25, -0.2) is 18.7 Å². The lowest BCUT2D eigenvalue weighted by atomic mass is 10.1. The number of ether oxygens (including phenoxy) is 3. The number of methoxy groups -OCH3 is 2. The Morgan fingerprint density at radius 2 is 1.70 bits per heavy atom. The molecule has 0 bridgehead atoms. The third kappa shape index (κ3) is 5.24. The molecular weight excluding hydrogens is 424 g/mol. The second-order valence-electron chi connectivity index (χ2n) is 5.76. The van der Waals surface area contributed by atoms with Crippen molar-refractivity contribution in [1.82, 2.24) is 19.7 Å². The zero-order chi connectivity index (χ0) is 20.8. The summed E-state index contributed by atoms with van der Waals surface area (Å²) >= 11 is 0. The van der Waals surface area contributed by atoms with Gasteiger partial charge in [0.1, 0.15) is 6.61 Å². The molecular formula is C18H20ClF2N5O4. The summed E-state index contributed by atoms with van der Waals surface area (Å²) in [5.74, 6) is -1.55. The molecule has 30 heavy (non-hydrogen) atoms. The Hall–Kier alpha value is -3.18. The summed E-state index contributed by atoms with van der Waals surface area (Å²) in [7, 11) is 2.54. The predicted octanol–water partition coefficient (Wildman–Crippen LogP) is 2.71. The number of aromatic nitrogens is 4. The second-order valence-corrected chi connectivity index (χ2v) is 5.76. The minimum atomic E-state index is -0.870. The molecule has 0 aliphatic heterocycles. The summed E-state index contributed by atoms with van der Waals surface area (Å²) in [6.07, 6.45) is 5.97. The highest BCUT2D eigenvalue weighted by molar-refractivity contribution is 5.85. The molecule has 2 aromatic heterocycles. The molecule has 3 aromatic rings. The van der Waals surface area contributed by atoms with Crippen LogP contribution in [0.1, 0.15) is 5.56 Å². The number of aliphatic hydroxyl groups is 1. The van der Waals surface area contributed by atoms with Gasteiger partial charge < -0.3 is 24.6 Å². The highest BCUT2D eigenvalue weighted by Crippen LogP contribution is 2.31. The van der Waals surface area contributed by atoms with Crippen molar-refractivity contribution in [1.29, 1.82) is 0 Å². The molecule has 0 aliphatic rings. The van der Waals surface area contributed by atoms with Crippen molar-refractivity contribution in [3.63, 3.8) is 0 Å². The maximum atomic E-state index is 14.4. The van der Waals surface area contributed by atoms with E-state index in [0.717, 1.165) is 6.07 Å². The van der Waals surface area contributed by atoms with Crippen molar-refractivity contribution >= 4 is 24.0 Å². The van der Waals surface area contributed by atoms with Crippen LogP contribution in [0.3, 0.4) is 0 Å². The highest BCUT2D eigenvalue weighted by Gasteiger charge is 2.20. The molecule has 3 rings (SSSR count). The van der Waals surface area contributed by atoms with Gasteiger partial charge in [-0.2, -0.15) is 5.10 Å². The number of nitrogens with zero attached hydrogens (tertiary/aromatic N) is 4. The standard InChI is InChI=1S/C18H19F2N5O4.ClH/c1-27-14-5-15(28-2)17(20)13(16(14)19)10-29-12-7-21-18(22-8-12)24-11-6-23-25(9-11)3-4-26;/h5-9,26H,3-4,10H2,1-2H3,(H,21,22,24);1H. The van der Waals surface area contributed by atoms with Crippen molar-refractivity contribution < 1.29 is 28.1 Å². The first kappa shape index (κ1) is 23.1. The summed E-state index contributed by atoms with van der Waals surface area (Å²) in [5.41, 5.74) is 0.305. The van der Waals surface area contributed by atoms with Crippen molar-refractivity contribution in [3.8, 4) is 17.2 Å². The minimum absolute atomic E-state index is 0. The predicted molar refractivity (Wildman–Crippen MR) is 106 cm³/mol. The number of hydrogen-bond acceptors (Lipinski definition) is 8. The largest absolute Gasteiger partial charge is 0.494 e. The molecule has 0 radical (unpaired) electrons. The Morgan fingerprint density at radius 1 is 1.07 bits per heavy atom. The smallest absolute Gasteiger partial charge is 0.227 e. The summed E-state index contributed by atoms with van der Waals surface area (Å²) in [6.45, 7) is -0.0587. The van der Waals surface area contributed by atoms with E-state index in [1.807, 2.05) is 0 Å². The fourth-order valence-corrected chi connectivity index (χ4v) is 2.46. The van der Waals surface area contributed by atoms with E-state index in [1.54, 1.807) is 17.1 Å². The Labute approximate surface area is 177 Å². The van der Waals surface area contributed by atoms with Gasteiger partial charge in [0, 0.05) is 12.3 Å². The number of hydrogen-bond donors (Lipinski definition) is 2. The monoisotopic (exact) mass is 443 g/mol. The minimum Gasteiger partial charge on any atom is -0.494 e. The lowest BCUT2D eigenvalue weighted by Gasteiger charge is -2.13. The van der Waals surface area contributed by atoms with Crippen LogP contribution in [-0.2, 0) is 13.2 Å². The van der Waals surface area contributed by atoms with Crippen LogP contribution in [0.4, 0.5) is 20.4 Å². The Kier molecular flexibility index (Phi) is 8.13. The van der Waals surface area contributed by atoms with Gasteiger partial charge in [0.2, 0.25) is 5.95 Å². The number of anilines is 2. The molecule has 2 N–H and O–H groups in total. The Balaban J connectivity index is 0.00000320. The van der Waals surface area contributed by atoms with Crippen LogP contribution in [0.5, 0.6) is 17.2 Å². The third-order valence-electron chi connectivity index (χ3n) is 3.89. The van der Waals surface area contributed by atoms with Crippen LogP contribution in [0, 0.1) is 11.6 Å². The van der Waals surface area contributed by atoms with Crippen LogP contribution in [0.15, 0.2) is 30.9 Å².